The second kappa shape index (κ2) is 19.6. The van der Waals surface area contributed by atoms with Crippen LogP contribution in [-0.4, -0.2) is 101 Å². The predicted octanol–water partition coefficient (Wildman–Crippen LogP) is -1.95. The molecular formula is C33H54N10O7. The molecule has 0 radical (unpaired) electrons. The summed E-state index contributed by atoms with van der Waals surface area (Å²) in [5.74, 6) is -4.70. The lowest BCUT2D eigenvalue weighted by atomic mass is 9.85. The van der Waals surface area contributed by atoms with Gasteiger partial charge in [0, 0.05) is 23.5 Å². The monoisotopic (exact) mass is 702 g/mol. The molecule has 0 fully saturated rings. The van der Waals surface area contributed by atoms with Crippen molar-refractivity contribution in [3.8, 4) is 0 Å². The fourth-order valence-corrected chi connectivity index (χ4v) is 5.25. The number of carboxylic acid groups (broad SMARTS) is 1. The van der Waals surface area contributed by atoms with Gasteiger partial charge < -0.3 is 59.6 Å². The van der Waals surface area contributed by atoms with Crippen molar-refractivity contribution in [1.29, 1.82) is 0 Å². The summed E-state index contributed by atoms with van der Waals surface area (Å²) in [5, 5.41) is 23.3. The number of rotatable bonds is 20. The van der Waals surface area contributed by atoms with Crippen molar-refractivity contribution >= 4 is 46.4 Å². The molecule has 0 saturated heterocycles. The van der Waals surface area contributed by atoms with Crippen LogP contribution in [0.1, 0.15) is 58.9 Å². The highest BCUT2D eigenvalue weighted by molar-refractivity contribution is 5.97. The molecule has 17 heteroatoms. The summed E-state index contributed by atoms with van der Waals surface area (Å²) in [5.41, 5.74) is 23.6. The quantitative estimate of drug-likeness (QED) is 0.0720. The van der Waals surface area contributed by atoms with Gasteiger partial charge in [0.05, 0.1) is 6.04 Å². The minimum absolute atomic E-state index is 0.00482. The first-order chi connectivity index (χ1) is 23.6. The molecule has 6 atom stereocenters. The topological polar surface area (TPSA) is 303 Å². The van der Waals surface area contributed by atoms with Crippen molar-refractivity contribution in [2.24, 2.45) is 28.3 Å². The molecule has 0 aliphatic rings. The van der Waals surface area contributed by atoms with Crippen LogP contribution in [0, 0.1) is 5.41 Å². The number of fused-ring (bicyclic) bond motifs is 1. The highest BCUT2D eigenvalue weighted by atomic mass is 16.4. The van der Waals surface area contributed by atoms with E-state index in [2.05, 4.69) is 31.6 Å². The van der Waals surface area contributed by atoms with Crippen molar-refractivity contribution in [3.05, 3.63) is 36.0 Å². The van der Waals surface area contributed by atoms with Gasteiger partial charge >= 0.3 is 5.97 Å². The van der Waals surface area contributed by atoms with Gasteiger partial charge in [-0.15, -0.1) is 0 Å². The van der Waals surface area contributed by atoms with Gasteiger partial charge in [0.1, 0.15) is 30.2 Å². The minimum atomic E-state index is -1.24. The van der Waals surface area contributed by atoms with Crippen molar-refractivity contribution in [3.63, 3.8) is 0 Å². The Hall–Kier alpha value is -4.58. The van der Waals surface area contributed by atoms with E-state index in [4.69, 9.17) is 22.9 Å². The Balaban J connectivity index is 2.39. The van der Waals surface area contributed by atoms with Crippen molar-refractivity contribution in [2.45, 2.75) is 96.1 Å². The molecule has 1 heterocycles. The molecule has 2 rings (SSSR count). The summed E-state index contributed by atoms with van der Waals surface area (Å²) >= 11 is 0. The number of nitrogens with one attached hydrogen (secondary N) is 6. The van der Waals surface area contributed by atoms with E-state index in [-0.39, 0.29) is 51.7 Å². The average molecular weight is 703 g/mol. The maximum absolute atomic E-state index is 14.0. The number of hydrogen-bond acceptors (Lipinski definition) is 10. The summed E-state index contributed by atoms with van der Waals surface area (Å²) in [6.07, 6.45) is 2.03. The van der Waals surface area contributed by atoms with Gasteiger partial charge in [0.25, 0.3) is 0 Å². The van der Waals surface area contributed by atoms with Gasteiger partial charge in [-0.3, -0.25) is 24.0 Å². The first-order valence-corrected chi connectivity index (χ1v) is 16.7. The van der Waals surface area contributed by atoms with Crippen LogP contribution in [0.3, 0.4) is 0 Å². The maximum atomic E-state index is 14.0. The Labute approximate surface area is 291 Å². The number of para-hydroxylation sites is 1. The lowest BCUT2D eigenvalue weighted by Crippen LogP contribution is -2.61. The third kappa shape index (κ3) is 12.1. The molecular weight excluding hydrogens is 648 g/mol. The van der Waals surface area contributed by atoms with E-state index < -0.39 is 77.2 Å². The fourth-order valence-electron chi connectivity index (χ4n) is 5.25. The first kappa shape index (κ1) is 41.6. The molecule has 0 aliphatic heterocycles. The number of amides is 5. The molecule has 1 aromatic heterocycles. The van der Waals surface area contributed by atoms with Crippen LogP contribution >= 0.6 is 0 Å². The zero-order valence-electron chi connectivity index (χ0n) is 29.2. The Morgan fingerprint density at radius 2 is 1.22 bits per heavy atom. The first-order valence-electron chi connectivity index (χ1n) is 16.7. The summed E-state index contributed by atoms with van der Waals surface area (Å²) in [6.45, 7) is 6.87. The van der Waals surface area contributed by atoms with E-state index in [1.54, 1.807) is 33.9 Å². The smallest absolute Gasteiger partial charge is 0.326 e. The molecule has 0 saturated carbocycles. The van der Waals surface area contributed by atoms with Crippen LogP contribution in [0.5, 0.6) is 0 Å². The molecule has 5 amide bonds. The minimum Gasteiger partial charge on any atom is -0.480 e. The molecule has 278 valence electrons. The number of H-pyrrole nitrogens is 1. The van der Waals surface area contributed by atoms with E-state index in [1.165, 1.54) is 0 Å². The summed E-state index contributed by atoms with van der Waals surface area (Å²) in [6, 6.07) is 0.482. The lowest BCUT2D eigenvalue weighted by Gasteiger charge is -2.33. The number of benzene rings is 1. The van der Waals surface area contributed by atoms with Gasteiger partial charge in [-0.1, -0.05) is 45.9 Å². The Morgan fingerprint density at radius 3 is 1.76 bits per heavy atom. The van der Waals surface area contributed by atoms with Gasteiger partial charge in [0.15, 0.2) is 0 Å². The van der Waals surface area contributed by atoms with Crippen molar-refractivity contribution in [1.82, 2.24) is 31.6 Å². The molecule has 0 aliphatic carbocycles. The number of aliphatic carboxylic acids is 1. The molecule has 1 aromatic carbocycles. The highest BCUT2D eigenvalue weighted by Gasteiger charge is 2.37. The second-order valence-electron chi connectivity index (χ2n) is 13.2. The van der Waals surface area contributed by atoms with Gasteiger partial charge in [-0.25, -0.2) is 4.79 Å². The SMILES string of the molecule is CC[C@H](NC(=O)[C@@H](NC(=O)[C@H](CCN)NC(=O)[C@H](Cc1c[nH]c2ccccc12)NC(=O)[C@H](CCN)NC(=O)[C@@H](N)CCN)C(C)(C)C)C(=O)O. The maximum Gasteiger partial charge on any atom is 0.326 e. The second-order valence-corrected chi connectivity index (χ2v) is 13.2. The van der Waals surface area contributed by atoms with Gasteiger partial charge in [-0.2, -0.15) is 0 Å². The Morgan fingerprint density at radius 1 is 0.720 bits per heavy atom. The number of carbonyl (C=O) groups is 6. The number of aromatic amines is 1. The van der Waals surface area contributed by atoms with E-state index in [9.17, 15) is 33.9 Å². The molecule has 50 heavy (non-hydrogen) atoms. The van der Waals surface area contributed by atoms with Gasteiger partial charge in [-0.05, 0) is 62.4 Å². The van der Waals surface area contributed by atoms with E-state index in [0.717, 1.165) is 10.9 Å². The van der Waals surface area contributed by atoms with Crippen LogP contribution in [0.25, 0.3) is 10.9 Å². The number of aromatic nitrogens is 1. The number of hydrogen-bond donors (Lipinski definition) is 11. The van der Waals surface area contributed by atoms with Crippen LogP contribution < -0.4 is 49.5 Å². The number of carbonyl (C=O) groups excluding carboxylic acids is 5. The third-order valence-corrected chi connectivity index (χ3v) is 8.16. The normalized spacial score (nSPS) is 15.1. The summed E-state index contributed by atoms with van der Waals surface area (Å²) in [4.78, 5) is 81.7. The van der Waals surface area contributed by atoms with E-state index in [0.29, 0.717) is 5.56 Å². The molecule has 2 aromatic rings. The zero-order chi connectivity index (χ0) is 37.6. The van der Waals surface area contributed by atoms with Gasteiger partial charge in [0.2, 0.25) is 29.5 Å². The van der Waals surface area contributed by atoms with E-state index >= 15 is 0 Å². The molecule has 17 nitrogen and oxygen atoms in total. The molecule has 0 spiro atoms. The predicted molar refractivity (Wildman–Crippen MR) is 188 cm³/mol. The molecule has 0 bridgehead atoms. The molecule has 15 N–H and O–H groups in total. The van der Waals surface area contributed by atoms with Crippen molar-refractivity contribution < 1.29 is 33.9 Å². The summed E-state index contributed by atoms with van der Waals surface area (Å²) < 4.78 is 0. The average Bonchev–Trinajstić information content (AvgIpc) is 3.46. The van der Waals surface area contributed by atoms with Crippen LogP contribution in [0.15, 0.2) is 30.5 Å². The van der Waals surface area contributed by atoms with Crippen LogP contribution in [0.4, 0.5) is 0 Å². The lowest BCUT2D eigenvalue weighted by molar-refractivity contribution is -0.143. The van der Waals surface area contributed by atoms with Crippen molar-refractivity contribution in [2.75, 3.05) is 19.6 Å². The largest absolute Gasteiger partial charge is 0.480 e. The number of carboxylic acids is 1. The van der Waals surface area contributed by atoms with E-state index in [1.807, 2.05) is 24.3 Å². The summed E-state index contributed by atoms with van der Waals surface area (Å²) in [7, 11) is 0. The number of nitrogens with two attached hydrogens (primary N) is 4. The fraction of sp³-hybridized carbons (Fsp3) is 0.576. The highest BCUT2D eigenvalue weighted by Crippen LogP contribution is 2.21. The van der Waals surface area contributed by atoms with Crippen LogP contribution in [0.2, 0.25) is 0 Å². The Kier molecular flexibility index (Phi) is 16.3. The zero-order valence-corrected chi connectivity index (χ0v) is 29.2. The molecule has 0 unspecified atom stereocenters. The van der Waals surface area contributed by atoms with Crippen LogP contribution in [-0.2, 0) is 35.2 Å². The standard InChI is InChI=1S/C33H54N10O7/c1-5-21(32(49)50)39-31(48)26(33(2,3)4)43-29(46)24(12-15-36)41-30(47)25(16-18-17-38-22-9-7-6-8-19(18)22)42-28(45)23(11-14-35)40-27(44)20(37)10-13-34/h6-9,17,20-21,23-26,38H,5,10-16,34-37H2,1-4H3,(H,39,48)(H,40,44)(H,41,47)(H,42,45)(H,43,46)(H,49,50)/t20-,21-,23-,24-,25-,26+/m0/s1. The Bertz CT molecular complexity index is 1470. The third-order valence-electron chi connectivity index (χ3n) is 8.16.